The van der Waals surface area contributed by atoms with Crippen LogP contribution in [0.25, 0.3) is 11.1 Å². The van der Waals surface area contributed by atoms with E-state index >= 15 is 0 Å². The molecule has 0 saturated carbocycles. The number of urea groups is 1. The molecule has 0 bridgehead atoms. The van der Waals surface area contributed by atoms with Crippen molar-refractivity contribution in [1.29, 1.82) is 0 Å². The molecule has 126 valence electrons. The lowest BCUT2D eigenvalue weighted by Gasteiger charge is -2.21. The first-order chi connectivity index (χ1) is 11.6. The molecule has 3 rings (SSSR count). The molecule has 0 fully saturated rings. The van der Waals surface area contributed by atoms with Crippen LogP contribution in [0.5, 0.6) is 0 Å². The van der Waals surface area contributed by atoms with Gasteiger partial charge in [-0.2, -0.15) is 0 Å². The summed E-state index contributed by atoms with van der Waals surface area (Å²) in [5.41, 5.74) is 5.80. The highest BCUT2D eigenvalue weighted by Crippen LogP contribution is 2.37. The van der Waals surface area contributed by atoms with Crippen molar-refractivity contribution in [1.82, 2.24) is 4.90 Å². The number of anilines is 1. The van der Waals surface area contributed by atoms with Crippen LogP contribution in [0, 0.1) is 0 Å². The van der Waals surface area contributed by atoms with Crippen molar-refractivity contribution < 1.29 is 14.6 Å². The van der Waals surface area contributed by atoms with Crippen LogP contribution >= 0.6 is 0 Å². The first-order valence-electron chi connectivity index (χ1n) is 7.99. The van der Waals surface area contributed by atoms with Gasteiger partial charge in [-0.15, -0.1) is 0 Å². The number of methoxy groups -OCH3 is 1. The van der Waals surface area contributed by atoms with Gasteiger partial charge in [-0.25, -0.2) is 4.79 Å². The molecule has 0 saturated heterocycles. The summed E-state index contributed by atoms with van der Waals surface area (Å²) in [6.45, 7) is 0.421. The number of aliphatic hydroxyl groups excluding tert-OH is 1. The summed E-state index contributed by atoms with van der Waals surface area (Å²) in [7, 11) is 3.17. The molecule has 1 aliphatic carbocycles. The van der Waals surface area contributed by atoms with E-state index in [4.69, 9.17) is 4.74 Å². The van der Waals surface area contributed by atoms with E-state index in [1.54, 1.807) is 7.05 Å². The topological polar surface area (TPSA) is 61.8 Å². The number of likely N-dealkylation sites (N-methyl/N-ethyl adjacent to an activating group) is 1. The molecule has 2 amide bonds. The van der Waals surface area contributed by atoms with Crippen molar-refractivity contribution >= 4 is 11.7 Å². The van der Waals surface area contributed by atoms with Crippen LogP contribution in [0.2, 0.25) is 0 Å². The zero-order chi connectivity index (χ0) is 17.1. The Kier molecular flexibility index (Phi) is 4.83. The number of nitrogens with zero attached hydrogens (tertiary/aromatic N) is 1. The van der Waals surface area contributed by atoms with Crippen molar-refractivity contribution in [3.63, 3.8) is 0 Å². The second kappa shape index (κ2) is 7.03. The van der Waals surface area contributed by atoms with Crippen LogP contribution in [0.3, 0.4) is 0 Å². The second-order valence-corrected chi connectivity index (χ2v) is 6.13. The maximum Gasteiger partial charge on any atom is 0.321 e. The fourth-order valence-corrected chi connectivity index (χ4v) is 3.09. The van der Waals surface area contributed by atoms with Crippen molar-refractivity contribution in [2.24, 2.45) is 0 Å². The molecule has 24 heavy (non-hydrogen) atoms. The van der Waals surface area contributed by atoms with Crippen LogP contribution in [0.1, 0.15) is 11.1 Å². The van der Waals surface area contributed by atoms with Crippen molar-refractivity contribution in [3.8, 4) is 11.1 Å². The Bertz CT molecular complexity index is 745. The quantitative estimate of drug-likeness (QED) is 0.758. The Morgan fingerprint density at radius 3 is 2.79 bits per heavy atom. The molecular formula is C19H22N2O3. The zero-order valence-corrected chi connectivity index (χ0v) is 14.0. The molecule has 1 unspecified atom stereocenters. The van der Waals surface area contributed by atoms with E-state index < -0.39 is 6.10 Å². The first kappa shape index (κ1) is 16.5. The summed E-state index contributed by atoms with van der Waals surface area (Å²) in [5, 5.41) is 12.6. The summed E-state index contributed by atoms with van der Waals surface area (Å²) >= 11 is 0. The van der Waals surface area contributed by atoms with E-state index in [1.807, 2.05) is 24.3 Å². The second-order valence-electron chi connectivity index (χ2n) is 6.13. The van der Waals surface area contributed by atoms with Crippen molar-refractivity contribution in [3.05, 3.63) is 53.6 Å². The molecule has 2 aromatic carbocycles. The minimum absolute atomic E-state index is 0.203. The number of amides is 2. The first-order valence-corrected chi connectivity index (χ1v) is 7.99. The number of carbonyl (C=O) groups excluding carboxylic acids is 1. The van der Waals surface area contributed by atoms with Gasteiger partial charge in [-0.05, 0) is 40.8 Å². The standard InChI is InChI=1S/C19H22N2O3/c1-21(11-16(22)12-24-2)19(23)20-15-7-8-18-14(10-15)9-13-5-3-4-6-17(13)18/h3-8,10,16,22H,9,11-12H2,1-2H3,(H,20,23). The fraction of sp³-hybridized carbons (Fsp3) is 0.316. The minimum Gasteiger partial charge on any atom is -0.389 e. The number of nitrogens with one attached hydrogen (secondary N) is 1. The highest BCUT2D eigenvalue weighted by Gasteiger charge is 2.19. The van der Waals surface area contributed by atoms with Gasteiger partial charge in [0.05, 0.1) is 19.3 Å². The highest BCUT2D eigenvalue weighted by molar-refractivity contribution is 5.90. The van der Waals surface area contributed by atoms with Crippen molar-refractivity contribution in [2.75, 3.05) is 32.6 Å². The molecule has 0 spiro atoms. The molecule has 1 aliphatic rings. The number of ether oxygens (including phenoxy) is 1. The molecule has 1 atom stereocenters. The average molecular weight is 326 g/mol. The average Bonchev–Trinajstić information content (AvgIpc) is 2.92. The molecule has 2 N–H and O–H groups in total. The minimum atomic E-state index is -0.694. The van der Waals surface area contributed by atoms with Gasteiger partial charge in [0.15, 0.2) is 0 Å². The van der Waals surface area contributed by atoms with Crippen LogP contribution in [0.4, 0.5) is 10.5 Å². The Hall–Kier alpha value is -2.37. The number of aliphatic hydroxyl groups is 1. The lowest BCUT2D eigenvalue weighted by molar-refractivity contribution is 0.0501. The number of hydrogen-bond acceptors (Lipinski definition) is 3. The van der Waals surface area contributed by atoms with Gasteiger partial charge in [0.25, 0.3) is 0 Å². The molecule has 2 aromatic rings. The molecular weight excluding hydrogens is 304 g/mol. The fourth-order valence-electron chi connectivity index (χ4n) is 3.09. The smallest absolute Gasteiger partial charge is 0.321 e. The van der Waals surface area contributed by atoms with E-state index in [2.05, 4.69) is 23.5 Å². The maximum absolute atomic E-state index is 12.2. The molecule has 5 nitrogen and oxygen atoms in total. The molecule has 0 heterocycles. The Balaban J connectivity index is 1.67. The third kappa shape index (κ3) is 3.42. The summed E-state index contributed by atoms with van der Waals surface area (Å²) < 4.78 is 4.88. The van der Waals surface area contributed by atoms with Crippen LogP contribution < -0.4 is 5.32 Å². The molecule has 5 heteroatoms. The lowest BCUT2D eigenvalue weighted by atomic mass is 10.1. The summed E-state index contributed by atoms with van der Waals surface area (Å²) in [6, 6.07) is 14.1. The van der Waals surface area contributed by atoms with E-state index in [-0.39, 0.29) is 19.2 Å². The third-order valence-corrected chi connectivity index (χ3v) is 4.24. The summed E-state index contributed by atoms with van der Waals surface area (Å²) in [4.78, 5) is 13.7. The van der Waals surface area contributed by atoms with Crippen LogP contribution in [-0.2, 0) is 11.2 Å². The summed E-state index contributed by atoms with van der Waals surface area (Å²) in [6.07, 6.45) is 0.192. The number of hydrogen-bond donors (Lipinski definition) is 2. The van der Waals surface area contributed by atoms with Crippen LogP contribution in [0.15, 0.2) is 42.5 Å². The SMILES string of the molecule is COCC(O)CN(C)C(=O)Nc1ccc2c(c1)Cc1ccccc1-2. The Labute approximate surface area is 141 Å². The van der Waals surface area contributed by atoms with Gasteiger partial charge in [0, 0.05) is 19.8 Å². The molecule has 0 aliphatic heterocycles. The molecule has 0 radical (unpaired) electrons. The third-order valence-electron chi connectivity index (χ3n) is 4.24. The van der Waals surface area contributed by atoms with E-state index in [1.165, 1.54) is 34.3 Å². The number of benzene rings is 2. The van der Waals surface area contributed by atoms with Gasteiger partial charge in [0.2, 0.25) is 0 Å². The number of fused-ring (bicyclic) bond motifs is 3. The number of rotatable bonds is 5. The summed E-state index contributed by atoms with van der Waals surface area (Å²) in [5.74, 6) is 0. The zero-order valence-electron chi connectivity index (χ0n) is 14.0. The van der Waals surface area contributed by atoms with Gasteiger partial charge >= 0.3 is 6.03 Å². The van der Waals surface area contributed by atoms with E-state index in [0.717, 1.165) is 12.1 Å². The van der Waals surface area contributed by atoms with E-state index in [9.17, 15) is 9.90 Å². The highest BCUT2D eigenvalue weighted by atomic mass is 16.5. The normalized spacial score (nSPS) is 13.1. The Morgan fingerprint density at radius 1 is 1.25 bits per heavy atom. The maximum atomic E-state index is 12.2. The lowest BCUT2D eigenvalue weighted by Crippen LogP contribution is -2.38. The van der Waals surface area contributed by atoms with E-state index in [0.29, 0.717) is 0 Å². The van der Waals surface area contributed by atoms with Gasteiger partial charge in [0.1, 0.15) is 0 Å². The van der Waals surface area contributed by atoms with Gasteiger partial charge < -0.3 is 20.1 Å². The van der Waals surface area contributed by atoms with Gasteiger partial charge in [-0.1, -0.05) is 30.3 Å². The Morgan fingerprint density at radius 2 is 2.00 bits per heavy atom. The number of carbonyl (C=O) groups is 1. The predicted molar refractivity (Wildman–Crippen MR) is 94.2 cm³/mol. The predicted octanol–water partition coefficient (Wildman–Crippen LogP) is 2.73. The largest absolute Gasteiger partial charge is 0.389 e. The van der Waals surface area contributed by atoms with Crippen LogP contribution in [-0.4, -0.2) is 49.5 Å². The monoisotopic (exact) mass is 326 g/mol. The van der Waals surface area contributed by atoms with Gasteiger partial charge in [-0.3, -0.25) is 0 Å². The van der Waals surface area contributed by atoms with Crippen molar-refractivity contribution in [2.45, 2.75) is 12.5 Å². The molecule has 0 aromatic heterocycles.